The molecule has 13 rings (SSSR count). The molecule has 88 heavy (non-hydrogen) atoms. The third-order valence-electron chi connectivity index (χ3n) is 18.7. The van der Waals surface area contributed by atoms with Crippen LogP contribution in [0.15, 0.2) is 139 Å². The lowest BCUT2D eigenvalue weighted by Gasteiger charge is -2.45. The Kier molecular flexibility index (Phi) is 16.3. The predicted molar refractivity (Wildman–Crippen MR) is 340 cm³/mol. The van der Waals surface area contributed by atoms with Crippen LogP contribution in [-0.4, -0.2) is 131 Å². The van der Waals surface area contributed by atoms with E-state index in [4.69, 9.17) is 19.4 Å². The largest absolute Gasteiger partial charge is 0.495 e. The number of hydrogen-bond donors (Lipinski definition) is 4. The van der Waals surface area contributed by atoms with Gasteiger partial charge < -0.3 is 44.8 Å². The number of nitrogens with one attached hydrogen (secondary N) is 4. The zero-order chi connectivity index (χ0) is 60.5. The van der Waals surface area contributed by atoms with Crippen LogP contribution in [0.25, 0.3) is 44.1 Å². The Morgan fingerprint density at radius 2 is 1.53 bits per heavy atom. The summed E-state index contributed by atoms with van der Waals surface area (Å²) in [7, 11) is 3.33. The molecule has 3 aliphatic heterocycles. The summed E-state index contributed by atoms with van der Waals surface area (Å²) in [5.74, 6) is 7.44. The Balaban J connectivity index is 0.600. The van der Waals surface area contributed by atoms with Gasteiger partial charge in [-0.2, -0.15) is 0 Å². The molecule has 0 unspecified atom stereocenters. The summed E-state index contributed by atoms with van der Waals surface area (Å²) < 4.78 is 12.9. The van der Waals surface area contributed by atoms with Crippen LogP contribution in [0.3, 0.4) is 0 Å². The number of benzene rings is 5. The average molecular weight is 1180 g/mol. The van der Waals surface area contributed by atoms with Gasteiger partial charge in [0.05, 0.1) is 30.6 Å². The highest BCUT2D eigenvalue weighted by atomic mass is 16.5. The second-order valence-corrected chi connectivity index (χ2v) is 24.3. The minimum atomic E-state index is -0.755. The standard InChI is InChI=1S/C70H73N11O7/c1-70(74-31-11-12-45-21-24-61(87-3)60(39-45)80-35-28-63(83)81(69(80)86)44-73-62(82)41-72-68(85)88-43-58-52-17-9-7-15-50(52)51-16-8-10-18-53(51)58)29-36-78(37-30-70)49-26-33-79(34-27-49)67-75-59-23-22-48(57-42-77(2)66(84)65-54(57)25-32-71-65)40-56(59)64(76-67)55(38-46-19-20-46)47-13-5-4-6-14-47/h4-10,13-18,21-25,32,39-40,42,46,49,55,58,71,74H,19-20,26-31,33-38,41,43-44H2,1-3H3,(H,72,85)(H,73,82)/t55-/m0/s1. The summed E-state index contributed by atoms with van der Waals surface area (Å²) in [4.78, 5) is 87.3. The topological polar surface area (TPSA) is 199 Å². The maximum absolute atomic E-state index is 13.9. The molecule has 0 radical (unpaired) electrons. The normalized spacial score (nSPS) is 17.3. The lowest BCUT2D eigenvalue weighted by Crippen LogP contribution is -2.56. The van der Waals surface area contributed by atoms with Gasteiger partial charge in [-0.3, -0.25) is 19.3 Å². The summed E-state index contributed by atoms with van der Waals surface area (Å²) in [6.45, 7) is 5.89. The number of piperidine rings is 2. The Hall–Kier alpha value is -9.31. The Bertz CT molecular complexity index is 4050. The molecule has 3 saturated heterocycles. The smallest absolute Gasteiger partial charge is 0.407 e. The second-order valence-electron chi connectivity index (χ2n) is 24.3. The number of anilines is 2. The number of likely N-dealkylation sites (tertiary alicyclic amines) is 1. The number of carbonyl (C=O) groups excluding carboxylic acids is 4. The third-order valence-corrected chi connectivity index (χ3v) is 18.7. The van der Waals surface area contributed by atoms with Gasteiger partial charge in [0.1, 0.15) is 31.1 Å². The molecule has 4 N–H and O–H groups in total. The van der Waals surface area contributed by atoms with Gasteiger partial charge in [0.25, 0.3) is 5.56 Å². The molecule has 1 atom stereocenters. The molecule has 4 fully saturated rings. The number of methoxy groups -OCH3 is 1. The average Bonchev–Trinajstić information content (AvgIpc) is 3.40. The van der Waals surface area contributed by atoms with Crippen molar-refractivity contribution in [3.63, 3.8) is 0 Å². The van der Waals surface area contributed by atoms with Gasteiger partial charge in [-0.25, -0.2) is 24.5 Å². The van der Waals surface area contributed by atoms with E-state index in [-0.39, 0.29) is 49.2 Å². The first-order valence-electron chi connectivity index (χ1n) is 30.8. The molecule has 18 nitrogen and oxygen atoms in total. The number of urea groups is 1. The summed E-state index contributed by atoms with van der Waals surface area (Å²) in [5, 5.41) is 10.8. The molecule has 5 aliphatic rings. The molecule has 6 heterocycles. The minimum absolute atomic E-state index is 0.0252. The number of imide groups is 1. The van der Waals surface area contributed by atoms with E-state index in [9.17, 15) is 24.0 Å². The number of ether oxygens (including phenoxy) is 2. The van der Waals surface area contributed by atoms with Gasteiger partial charge in [0.2, 0.25) is 17.8 Å². The number of pyridine rings is 1. The van der Waals surface area contributed by atoms with Gasteiger partial charge in [-0.05, 0) is 115 Å². The molecule has 18 heteroatoms. The van der Waals surface area contributed by atoms with Crippen molar-refractivity contribution in [2.45, 2.75) is 81.7 Å². The fraction of sp³-hybridized carbons (Fsp3) is 0.357. The Morgan fingerprint density at radius 3 is 2.27 bits per heavy atom. The van der Waals surface area contributed by atoms with Crippen molar-refractivity contribution < 1.29 is 28.7 Å². The summed E-state index contributed by atoms with van der Waals surface area (Å²) >= 11 is 0. The Labute approximate surface area is 511 Å². The van der Waals surface area contributed by atoms with E-state index in [2.05, 4.69) is 110 Å². The zero-order valence-electron chi connectivity index (χ0n) is 50.0. The van der Waals surface area contributed by atoms with Gasteiger partial charge in [-0.15, -0.1) is 0 Å². The van der Waals surface area contributed by atoms with Crippen LogP contribution in [0.4, 0.5) is 21.2 Å². The number of carbonyl (C=O) groups is 4. The summed E-state index contributed by atoms with van der Waals surface area (Å²) in [5.41, 5.74) is 11.3. The first-order valence-corrected chi connectivity index (χ1v) is 30.8. The highest BCUT2D eigenvalue weighted by Gasteiger charge is 2.37. The van der Waals surface area contributed by atoms with Gasteiger partial charge in [0.15, 0.2) is 0 Å². The van der Waals surface area contributed by atoms with E-state index in [1.165, 1.54) is 30.4 Å². The van der Waals surface area contributed by atoms with Gasteiger partial charge in [-0.1, -0.05) is 110 Å². The van der Waals surface area contributed by atoms with Crippen LogP contribution >= 0.6 is 0 Å². The van der Waals surface area contributed by atoms with Crippen LogP contribution in [0.5, 0.6) is 5.75 Å². The van der Waals surface area contributed by atoms with Crippen LogP contribution in [0, 0.1) is 17.8 Å². The SMILES string of the molecule is COc1ccc(C#CCNC2(C)CCN(C3CCN(c4nc([C@@H](CC5CC5)c5ccccc5)c5cc(-c6cn(C)c(=O)c7[nH]ccc67)ccc5n4)CC3)CC2)cc1N1CCC(=O)N(CNC(=O)CNC(=O)OCC2c3ccccc3-c3ccccc32)C1=O. The first kappa shape index (κ1) is 57.7. The Morgan fingerprint density at radius 1 is 0.795 bits per heavy atom. The van der Waals surface area contributed by atoms with Crippen molar-refractivity contribution in [2.75, 3.05) is 76.0 Å². The minimum Gasteiger partial charge on any atom is -0.495 e. The number of aromatic amines is 1. The maximum Gasteiger partial charge on any atom is 0.407 e. The molecule has 1 saturated carbocycles. The molecule has 450 valence electrons. The number of amides is 5. The molecule has 3 aromatic heterocycles. The van der Waals surface area contributed by atoms with E-state index < -0.39 is 30.5 Å². The summed E-state index contributed by atoms with van der Waals surface area (Å²) in [6, 6.07) is 40.6. The number of fused-ring (bicyclic) bond motifs is 5. The van der Waals surface area contributed by atoms with Crippen molar-refractivity contribution in [2.24, 2.45) is 13.0 Å². The van der Waals surface area contributed by atoms with E-state index in [1.54, 1.807) is 23.7 Å². The third kappa shape index (κ3) is 12.0. The van der Waals surface area contributed by atoms with Crippen molar-refractivity contribution in [3.8, 4) is 39.8 Å². The number of rotatable bonds is 17. The zero-order valence-corrected chi connectivity index (χ0v) is 50.0. The molecule has 0 spiro atoms. The van der Waals surface area contributed by atoms with Crippen LogP contribution in [0.2, 0.25) is 0 Å². The lowest BCUT2D eigenvalue weighted by molar-refractivity contribution is -0.130. The monoisotopic (exact) mass is 1180 g/mol. The molecule has 5 aromatic carbocycles. The van der Waals surface area contributed by atoms with Crippen LogP contribution in [0.1, 0.15) is 98.1 Å². The molecular formula is C70H73N11O7. The first-order chi connectivity index (χ1) is 42.9. The lowest BCUT2D eigenvalue weighted by atomic mass is 9.87. The number of H-pyrrole nitrogens is 1. The van der Waals surface area contributed by atoms with E-state index in [0.717, 1.165) is 124 Å². The quantitative estimate of drug-likeness (QED) is 0.0631. The molecule has 8 aromatic rings. The fourth-order valence-electron chi connectivity index (χ4n) is 13.5. The number of hydrogen-bond acceptors (Lipinski definition) is 12. The number of aromatic nitrogens is 4. The fourth-order valence-corrected chi connectivity index (χ4v) is 13.5. The van der Waals surface area contributed by atoms with Gasteiger partial charge >= 0.3 is 12.1 Å². The van der Waals surface area contributed by atoms with Crippen molar-refractivity contribution in [1.82, 2.24) is 45.3 Å². The maximum atomic E-state index is 13.9. The van der Waals surface area contributed by atoms with E-state index >= 15 is 0 Å². The predicted octanol–water partition coefficient (Wildman–Crippen LogP) is 9.65. The molecule has 2 aliphatic carbocycles. The molecule has 0 bridgehead atoms. The van der Waals surface area contributed by atoms with Crippen LogP contribution in [-0.2, 0) is 21.4 Å². The second kappa shape index (κ2) is 24.8. The highest BCUT2D eigenvalue weighted by molar-refractivity contribution is 6.06. The highest BCUT2D eigenvalue weighted by Crippen LogP contribution is 2.46. The molecular weight excluding hydrogens is 1110 g/mol. The van der Waals surface area contributed by atoms with Gasteiger partial charge in [0, 0.05) is 104 Å². The summed E-state index contributed by atoms with van der Waals surface area (Å²) in [6.07, 6.45) is 10.6. The number of nitrogens with zero attached hydrogens (tertiary/aromatic N) is 7. The van der Waals surface area contributed by atoms with Crippen molar-refractivity contribution in [3.05, 3.63) is 172 Å². The van der Waals surface area contributed by atoms with E-state index in [1.807, 2.05) is 60.9 Å². The van der Waals surface area contributed by atoms with Crippen molar-refractivity contribution >= 4 is 57.4 Å². The van der Waals surface area contributed by atoms with Crippen LogP contribution < -0.4 is 36.0 Å². The number of alkyl carbamates (subject to hydrolysis) is 1. The van der Waals surface area contributed by atoms with E-state index in [0.29, 0.717) is 41.0 Å². The van der Waals surface area contributed by atoms with Crippen molar-refractivity contribution in [1.29, 1.82) is 0 Å². The molecule has 5 amide bonds. The number of aryl methyl sites for hydroxylation is 1.